The number of aromatic nitrogens is 2. The van der Waals surface area contributed by atoms with Gasteiger partial charge in [0.1, 0.15) is 16.0 Å². The predicted octanol–water partition coefficient (Wildman–Crippen LogP) is 4.21. The largest absolute Gasteiger partial charge is 0.444 e. The molecule has 1 aromatic heterocycles. The molecule has 0 spiro atoms. The van der Waals surface area contributed by atoms with Gasteiger partial charge in [0.05, 0.1) is 12.8 Å². The first-order chi connectivity index (χ1) is 12.3. The zero-order chi connectivity index (χ0) is 18.9. The number of methoxy groups -OCH3 is 1. The monoisotopic (exact) mass is 421 g/mol. The van der Waals surface area contributed by atoms with Crippen LogP contribution in [-0.2, 0) is 29.1 Å². The van der Waals surface area contributed by atoms with E-state index in [2.05, 4.69) is 43.7 Å². The van der Waals surface area contributed by atoms with Crippen molar-refractivity contribution in [3.05, 3.63) is 40.1 Å². The van der Waals surface area contributed by atoms with Crippen LogP contribution < -0.4 is 0 Å². The van der Waals surface area contributed by atoms with Gasteiger partial charge in [0.2, 0.25) is 0 Å². The van der Waals surface area contributed by atoms with E-state index in [4.69, 9.17) is 9.47 Å². The second kappa shape index (κ2) is 7.40. The summed E-state index contributed by atoms with van der Waals surface area (Å²) in [6.45, 7) is 8.09. The van der Waals surface area contributed by atoms with Crippen molar-refractivity contribution >= 4 is 22.0 Å². The highest BCUT2D eigenvalue weighted by Crippen LogP contribution is 2.30. The van der Waals surface area contributed by atoms with E-state index in [1.165, 1.54) is 0 Å². The topological polar surface area (TPSA) is 56.6 Å². The maximum atomic E-state index is 12.3. The molecule has 0 aliphatic carbocycles. The number of carbonyl (C=O) groups excluding carboxylic acids is 1. The van der Waals surface area contributed by atoms with Gasteiger partial charge >= 0.3 is 6.09 Å². The van der Waals surface area contributed by atoms with Crippen molar-refractivity contribution in [2.75, 3.05) is 13.7 Å². The lowest BCUT2D eigenvalue weighted by Crippen LogP contribution is -2.33. The number of nitrogens with zero attached hydrogens (tertiary/aromatic N) is 3. The zero-order valence-electron chi connectivity index (χ0n) is 15.6. The number of amides is 1. The number of halogens is 1. The molecule has 26 heavy (non-hydrogen) atoms. The Hall–Kier alpha value is -1.86. The van der Waals surface area contributed by atoms with E-state index in [1.54, 1.807) is 18.2 Å². The van der Waals surface area contributed by atoms with Crippen LogP contribution >= 0.6 is 15.9 Å². The Morgan fingerprint density at radius 1 is 1.27 bits per heavy atom. The van der Waals surface area contributed by atoms with Crippen LogP contribution in [0, 0.1) is 0 Å². The van der Waals surface area contributed by atoms with Crippen LogP contribution in [0.25, 0.3) is 11.4 Å². The zero-order valence-corrected chi connectivity index (χ0v) is 17.2. The summed E-state index contributed by atoms with van der Waals surface area (Å²) in [7, 11) is 1.69. The van der Waals surface area contributed by atoms with Gasteiger partial charge in [0.15, 0.2) is 0 Å². The van der Waals surface area contributed by atoms with E-state index >= 15 is 0 Å². The van der Waals surface area contributed by atoms with Crippen molar-refractivity contribution in [1.82, 2.24) is 14.5 Å². The molecule has 0 fully saturated rings. The lowest BCUT2D eigenvalue weighted by Gasteiger charge is -2.24. The molecule has 0 unspecified atom stereocenters. The molecular weight excluding hydrogens is 398 g/mol. The molecule has 0 radical (unpaired) electrons. The highest BCUT2D eigenvalue weighted by molar-refractivity contribution is 9.10. The molecule has 1 aromatic carbocycles. The lowest BCUT2D eigenvalue weighted by molar-refractivity contribution is 0.0242. The van der Waals surface area contributed by atoms with Gasteiger partial charge in [-0.25, -0.2) is 9.78 Å². The molecule has 1 amide bonds. The molecular formula is C19H24BrN3O3. The van der Waals surface area contributed by atoms with Crippen molar-refractivity contribution in [2.24, 2.45) is 0 Å². The number of fused-ring (bicyclic) bond motifs is 1. The third-order valence-corrected chi connectivity index (χ3v) is 4.80. The first-order valence-corrected chi connectivity index (χ1v) is 9.38. The maximum Gasteiger partial charge on any atom is 0.410 e. The van der Waals surface area contributed by atoms with Crippen molar-refractivity contribution in [1.29, 1.82) is 0 Å². The van der Waals surface area contributed by atoms with E-state index in [0.29, 0.717) is 26.2 Å². The molecule has 0 atom stereocenters. The number of carbonyl (C=O) groups is 1. The van der Waals surface area contributed by atoms with E-state index in [0.717, 1.165) is 27.1 Å². The Labute approximate surface area is 162 Å². The number of rotatable bonds is 4. The van der Waals surface area contributed by atoms with Crippen LogP contribution in [0.15, 0.2) is 29.0 Å². The van der Waals surface area contributed by atoms with Crippen molar-refractivity contribution in [3.63, 3.8) is 0 Å². The van der Waals surface area contributed by atoms with Gasteiger partial charge in [0.25, 0.3) is 0 Å². The molecule has 0 saturated heterocycles. The van der Waals surface area contributed by atoms with Crippen LogP contribution in [0.1, 0.15) is 31.9 Å². The van der Waals surface area contributed by atoms with E-state index in [-0.39, 0.29) is 6.09 Å². The molecule has 0 saturated carbocycles. The van der Waals surface area contributed by atoms with Gasteiger partial charge in [-0.2, -0.15) is 0 Å². The number of hydrogen-bond donors (Lipinski definition) is 0. The highest BCUT2D eigenvalue weighted by Gasteiger charge is 2.28. The molecule has 140 valence electrons. The summed E-state index contributed by atoms with van der Waals surface area (Å²) < 4.78 is 13.7. The number of ether oxygens (including phenoxy) is 2. The lowest BCUT2D eigenvalue weighted by atomic mass is 10.1. The Balaban J connectivity index is 1.81. The summed E-state index contributed by atoms with van der Waals surface area (Å²) in [5.74, 6) is 0.882. The van der Waals surface area contributed by atoms with E-state index in [1.807, 2.05) is 20.8 Å². The van der Waals surface area contributed by atoms with Crippen LogP contribution in [0.5, 0.6) is 0 Å². The van der Waals surface area contributed by atoms with Gasteiger partial charge in [0, 0.05) is 32.3 Å². The van der Waals surface area contributed by atoms with Crippen molar-refractivity contribution in [2.45, 2.75) is 46.0 Å². The molecule has 1 aliphatic rings. The Kier molecular flexibility index (Phi) is 5.39. The second-order valence-electron chi connectivity index (χ2n) is 7.37. The quantitative estimate of drug-likeness (QED) is 0.741. The fourth-order valence-corrected chi connectivity index (χ4v) is 3.42. The Bertz CT molecular complexity index is 811. The average molecular weight is 422 g/mol. The molecule has 0 bridgehead atoms. The molecule has 0 N–H and O–H groups in total. The van der Waals surface area contributed by atoms with Gasteiger partial charge in [-0.1, -0.05) is 12.1 Å². The van der Waals surface area contributed by atoms with Crippen LogP contribution in [0.3, 0.4) is 0 Å². The SMILES string of the molecule is COCCn1c(Br)cnc1-c1ccc2c(c1)CN(C(=O)OC(C)(C)C)C2. The minimum Gasteiger partial charge on any atom is -0.444 e. The van der Waals surface area contributed by atoms with E-state index in [9.17, 15) is 4.79 Å². The average Bonchev–Trinajstić information content (AvgIpc) is 3.14. The third-order valence-electron chi connectivity index (χ3n) is 4.16. The van der Waals surface area contributed by atoms with E-state index < -0.39 is 5.60 Å². The standard InChI is InChI=1S/C19H24BrN3O3/c1-19(2,3)26-18(24)22-11-14-6-5-13(9-15(14)12-22)17-21-10-16(20)23(17)7-8-25-4/h5-6,9-10H,7-8,11-12H2,1-4H3. The van der Waals surface area contributed by atoms with Gasteiger partial charge < -0.3 is 14.0 Å². The summed E-state index contributed by atoms with van der Waals surface area (Å²) in [5, 5.41) is 0. The first kappa shape index (κ1) is 18.9. The van der Waals surface area contributed by atoms with Crippen LogP contribution in [0.4, 0.5) is 4.79 Å². The smallest absolute Gasteiger partial charge is 0.410 e. The first-order valence-electron chi connectivity index (χ1n) is 8.58. The van der Waals surface area contributed by atoms with Gasteiger partial charge in [-0.15, -0.1) is 0 Å². The fraction of sp³-hybridized carbons (Fsp3) is 0.474. The minimum atomic E-state index is -0.491. The molecule has 3 rings (SSSR count). The third kappa shape index (κ3) is 4.10. The van der Waals surface area contributed by atoms with Crippen molar-refractivity contribution < 1.29 is 14.3 Å². The highest BCUT2D eigenvalue weighted by atomic mass is 79.9. The molecule has 2 aromatic rings. The molecule has 6 nitrogen and oxygen atoms in total. The normalized spacial score (nSPS) is 13.8. The predicted molar refractivity (Wildman–Crippen MR) is 103 cm³/mol. The fourth-order valence-electron chi connectivity index (χ4n) is 2.97. The van der Waals surface area contributed by atoms with Crippen LogP contribution in [0.2, 0.25) is 0 Å². The van der Waals surface area contributed by atoms with Crippen molar-refractivity contribution in [3.8, 4) is 11.4 Å². The summed E-state index contributed by atoms with van der Waals surface area (Å²) in [4.78, 5) is 18.6. The summed E-state index contributed by atoms with van der Waals surface area (Å²) >= 11 is 3.54. The van der Waals surface area contributed by atoms with Gasteiger partial charge in [-0.3, -0.25) is 4.90 Å². The minimum absolute atomic E-state index is 0.278. The van der Waals surface area contributed by atoms with Crippen LogP contribution in [-0.4, -0.2) is 39.9 Å². The maximum absolute atomic E-state index is 12.3. The number of hydrogen-bond acceptors (Lipinski definition) is 4. The van der Waals surface area contributed by atoms with Gasteiger partial charge in [-0.05, 0) is 53.9 Å². The molecule has 1 aliphatic heterocycles. The molecule has 7 heteroatoms. The number of benzene rings is 1. The summed E-state index contributed by atoms with van der Waals surface area (Å²) in [6, 6.07) is 6.23. The Morgan fingerprint density at radius 2 is 2.00 bits per heavy atom. The second-order valence-corrected chi connectivity index (χ2v) is 8.18. The summed E-state index contributed by atoms with van der Waals surface area (Å²) in [5.41, 5.74) is 2.81. The Morgan fingerprint density at radius 3 is 2.69 bits per heavy atom. The molecule has 2 heterocycles. The summed E-state index contributed by atoms with van der Waals surface area (Å²) in [6.07, 6.45) is 1.52. The number of imidazole rings is 1.